The maximum absolute atomic E-state index is 13.5. The number of anilines is 1. The first-order valence-corrected chi connectivity index (χ1v) is 12.2. The lowest BCUT2D eigenvalue weighted by molar-refractivity contribution is -0.127. The number of nitrogens with zero attached hydrogens (tertiary/aromatic N) is 5. The van der Waals surface area contributed by atoms with Crippen LogP contribution in [0, 0.1) is 0 Å². The molecule has 11 nitrogen and oxygen atoms in total. The fourth-order valence-corrected chi connectivity index (χ4v) is 4.43. The van der Waals surface area contributed by atoms with Crippen LogP contribution in [0.5, 0.6) is 17.2 Å². The highest BCUT2D eigenvalue weighted by atomic mass is 16.5. The lowest BCUT2D eigenvalue weighted by atomic mass is 10.1. The van der Waals surface area contributed by atoms with Crippen LogP contribution >= 0.6 is 0 Å². The second-order valence-corrected chi connectivity index (χ2v) is 8.84. The molecule has 1 aliphatic carbocycles. The Labute approximate surface area is 215 Å². The molecular weight excluding hydrogens is 476 g/mol. The predicted molar refractivity (Wildman–Crippen MR) is 137 cm³/mol. The van der Waals surface area contributed by atoms with Crippen LogP contribution in [0.25, 0.3) is 11.4 Å². The van der Waals surface area contributed by atoms with Crippen molar-refractivity contribution in [3.63, 3.8) is 0 Å². The van der Waals surface area contributed by atoms with Crippen LogP contribution in [0.1, 0.15) is 32.6 Å². The molecule has 11 heteroatoms. The summed E-state index contributed by atoms with van der Waals surface area (Å²) in [5.74, 6) is 1.53. The summed E-state index contributed by atoms with van der Waals surface area (Å²) in [6.07, 6.45) is 4.11. The standard InChI is InChI=1S/C26H32N6O5/c1-17(26(34)27-19-7-5-6-8-19)32(20-10-12-21(35-2)13-11-20)24(33)16-31-29-25(28-30-31)18-9-14-22(36-3)23(15-18)37-4/h9-15,17,19H,5-8,16H2,1-4H3,(H,27,34). The van der Waals surface area contributed by atoms with Crippen molar-refractivity contribution in [3.8, 4) is 28.6 Å². The van der Waals surface area contributed by atoms with Crippen molar-refractivity contribution in [3.05, 3.63) is 42.5 Å². The number of aromatic nitrogens is 4. The number of amides is 2. The molecule has 1 N–H and O–H groups in total. The van der Waals surface area contributed by atoms with Gasteiger partial charge in [-0.3, -0.25) is 14.5 Å². The molecule has 1 aliphatic rings. The zero-order valence-electron chi connectivity index (χ0n) is 21.5. The Bertz CT molecular complexity index is 1220. The molecule has 3 aromatic rings. The van der Waals surface area contributed by atoms with Crippen LogP contribution in [0.15, 0.2) is 42.5 Å². The first-order chi connectivity index (χ1) is 17.9. The number of carbonyl (C=O) groups is 2. The van der Waals surface area contributed by atoms with Crippen molar-refractivity contribution in [2.45, 2.75) is 51.2 Å². The van der Waals surface area contributed by atoms with Gasteiger partial charge < -0.3 is 19.5 Å². The smallest absolute Gasteiger partial charge is 0.251 e. The molecule has 2 aromatic carbocycles. The molecule has 4 rings (SSSR count). The van der Waals surface area contributed by atoms with Gasteiger partial charge in [0.2, 0.25) is 11.7 Å². The summed E-state index contributed by atoms with van der Waals surface area (Å²) in [5, 5.41) is 15.6. The normalized spacial score (nSPS) is 14.2. The Balaban J connectivity index is 1.55. The van der Waals surface area contributed by atoms with Crippen molar-refractivity contribution in [2.75, 3.05) is 26.2 Å². The minimum Gasteiger partial charge on any atom is -0.497 e. The van der Waals surface area contributed by atoms with Crippen LogP contribution < -0.4 is 24.4 Å². The van der Waals surface area contributed by atoms with Crippen molar-refractivity contribution in [2.24, 2.45) is 0 Å². The summed E-state index contributed by atoms with van der Waals surface area (Å²) in [5.41, 5.74) is 1.23. The molecule has 1 heterocycles. The predicted octanol–water partition coefficient (Wildman–Crippen LogP) is 2.85. The van der Waals surface area contributed by atoms with Gasteiger partial charge in [-0.15, -0.1) is 10.2 Å². The Morgan fingerprint density at radius 1 is 1.03 bits per heavy atom. The van der Waals surface area contributed by atoms with E-state index < -0.39 is 6.04 Å². The largest absolute Gasteiger partial charge is 0.497 e. The summed E-state index contributed by atoms with van der Waals surface area (Å²) in [4.78, 5) is 29.3. The number of benzene rings is 2. The van der Waals surface area contributed by atoms with Gasteiger partial charge in [0.25, 0.3) is 5.91 Å². The number of methoxy groups -OCH3 is 3. The van der Waals surface area contributed by atoms with Gasteiger partial charge in [0, 0.05) is 17.3 Å². The lowest BCUT2D eigenvalue weighted by Gasteiger charge is -2.29. The zero-order chi connectivity index (χ0) is 26.4. The van der Waals surface area contributed by atoms with E-state index in [1.54, 1.807) is 70.7 Å². The fourth-order valence-electron chi connectivity index (χ4n) is 4.43. The highest BCUT2D eigenvalue weighted by Gasteiger charge is 2.30. The van der Waals surface area contributed by atoms with Gasteiger partial charge in [-0.1, -0.05) is 12.8 Å². The highest BCUT2D eigenvalue weighted by Crippen LogP contribution is 2.31. The average Bonchev–Trinajstić information content (AvgIpc) is 3.61. The molecule has 1 aromatic heterocycles. The van der Waals surface area contributed by atoms with Gasteiger partial charge >= 0.3 is 0 Å². The maximum atomic E-state index is 13.5. The molecule has 0 bridgehead atoms. The molecule has 0 saturated heterocycles. The van der Waals surface area contributed by atoms with Gasteiger partial charge in [-0.2, -0.15) is 4.80 Å². The molecule has 1 saturated carbocycles. The number of hydrogen-bond donors (Lipinski definition) is 1. The number of rotatable bonds is 10. The van der Waals surface area contributed by atoms with E-state index in [1.807, 2.05) is 0 Å². The van der Waals surface area contributed by atoms with Crippen LogP contribution in [0.3, 0.4) is 0 Å². The summed E-state index contributed by atoms with van der Waals surface area (Å²) in [6.45, 7) is 1.52. The second kappa shape index (κ2) is 11.7. The monoisotopic (exact) mass is 508 g/mol. The number of nitrogens with one attached hydrogen (secondary N) is 1. The lowest BCUT2D eigenvalue weighted by Crippen LogP contribution is -2.51. The van der Waals surface area contributed by atoms with Gasteiger partial charge in [-0.25, -0.2) is 0 Å². The Morgan fingerprint density at radius 3 is 2.38 bits per heavy atom. The third-order valence-electron chi connectivity index (χ3n) is 6.46. The van der Waals surface area contributed by atoms with Crippen LogP contribution in [-0.2, 0) is 16.1 Å². The van der Waals surface area contributed by atoms with E-state index in [0.29, 0.717) is 34.3 Å². The SMILES string of the molecule is COc1ccc(N(C(=O)Cn2nnc(-c3ccc(OC)c(OC)c3)n2)C(C)C(=O)NC2CCCC2)cc1. The molecule has 196 valence electrons. The van der Waals surface area contributed by atoms with Crippen molar-refractivity contribution in [1.82, 2.24) is 25.5 Å². The van der Waals surface area contributed by atoms with E-state index >= 15 is 0 Å². The molecular formula is C26H32N6O5. The number of carbonyl (C=O) groups excluding carboxylic acids is 2. The summed E-state index contributed by atoms with van der Waals surface area (Å²) >= 11 is 0. The van der Waals surface area contributed by atoms with E-state index in [2.05, 4.69) is 20.7 Å². The van der Waals surface area contributed by atoms with Crippen LogP contribution in [0.2, 0.25) is 0 Å². The van der Waals surface area contributed by atoms with E-state index in [4.69, 9.17) is 14.2 Å². The topological polar surface area (TPSA) is 121 Å². The zero-order valence-corrected chi connectivity index (χ0v) is 21.5. The molecule has 2 amide bonds. The van der Waals surface area contributed by atoms with Crippen molar-refractivity contribution < 1.29 is 23.8 Å². The van der Waals surface area contributed by atoms with Crippen LogP contribution in [-0.4, -0.2) is 65.4 Å². The van der Waals surface area contributed by atoms with E-state index in [0.717, 1.165) is 25.7 Å². The third-order valence-corrected chi connectivity index (χ3v) is 6.46. The van der Waals surface area contributed by atoms with Gasteiger partial charge in [0.05, 0.1) is 21.3 Å². The fraction of sp³-hybridized carbons (Fsp3) is 0.423. The highest BCUT2D eigenvalue weighted by molar-refractivity contribution is 6.00. The van der Waals surface area contributed by atoms with E-state index in [-0.39, 0.29) is 24.4 Å². The minimum absolute atomic E-state index is 0.142. The number of tetrazole rings is 1. The Hall–Kier alpha value is -4.15. The molecule has 0 radical (unpaired) electrons. The van der Waals surface area contributed by atoms with Crippen molar-refractivity contribution in [1.29, 1.82) is 0 Å². The molecule has 0 aliphatic heterocycles. The molecule has 1 fully saturated rings. The first-order valence-electron chi connectivity index (χ1n) is 12.2. The van der Waals surface area contributed by atoms with Crippen molar-refractivity contribution >= 4 is 17.5 Å². The number of hydrogen-bond acceptors (Lipinski definition) is 8. The third kappa shape index (κ3) is 5.99. The summed E-state index contributed by atoms with van der Waals surface area (Å²) in [7, 11) is 4.67. The van der Waals surface area contributed by atoms with Gasteiger partial charge in [0.15, 0.2) is 11.5 Å². The molecule has 37 heavy (non-hydrogen) atoms. The Morgan fingerprint density at radius 2 is 1.73 bits per heavy atom. The maximum Gasteiger partial charge on any atom is 0.251 e. The molecule has 1 unspecified atom stereocenters. The van der Waals surface area contributed by atoms with Gasteiger partial charge in [-0.05, 0) is 67.4 Å². The minimum atomic E-state index is -0.740. The number of ether oxygens (including phenoxy) is 3. The first kappa shape index (κ1) is 25.9. The molecule has 1 atom stereocenters. The van der Waals surface area contributed by atoms with Gasteiger partial charge in [0.1, 0.15) is 18.3 Å². The Kier molecular flexibility index (Phi) is 8.22. The molecule has 0 spiro atoms. The van der Waals surface area contributed by atoms with E-state index in [9.17, 15) is 9.59 Å². The quantitative estimate of drug-likeness (QED) is 0.444. The average molecular weight is 509 g/mol. The van der Waals surface area contributed by atoms with Crippen LogP contribution in [0.4, 0.5) is 5.69 Å². The summed E-state index contributed by atoms with van der Waals surface area (Å²) < 4.78 is 15.9. The summed E-state index contributed by atoms with van der Waals surface area (Å²) in [6, 6.07) is 11.7. The van der Waals surface area contributed by atoms with E-state index in [1.165, 1.54) is 9.70 Å². The second-order valence-electron chi connectivity index (χ2n) is 8.84.